The number of hydrogen-bond acceptors (Lipinski definition) is 5. The van der Waals surface area contributed by atoms with Crippen molar-refractivity contribution in [2.75, 3.05) is 19.6 Å². The van der Waals surface area contributed by atoms with E-state index in [4.69, 9.17) is 0 Å². The smallest absolute Gasteiger partial charge is 0.258 e. The maximum Gasteiger partial charge on any atom is 0.258 e. The second-order valence-electron chi connectivity index (χ2n) is 7.05. The maximum absolute atomic E-state index is 13.4. The van der Waals surface area contributed by atoms with Crippen molar-refractivity contribution in [3.05, 3.63) is 47.9 Å². The number of aryl methyl sites for hydroxylation is 1. The molecule has 4 rings (SSSR count). The van der Waals surface area contributed by atoms with Crippen LogP contribution in [-0.2, 0) is 4.79 Å². The molecule has 2 aliphatic rings. The first-order valence-corrected chi connectivity index (χ1v) is 9.34. The van der Waals surface area contributed by atoms with Crippen molar-refractivity contribution < 1.29 is 9.59 Å². The molecule has 27 heavy (non-hydrogen) atoms. The average Bonchev–Trinajstić information content (AvgIpc) is 3.52. The van der Waals surface area contributed by atoms with Gasteiger partial charge in [0.2, 0.25) is 5.91 Å². The largest absolute Gasteiger partial charge is 0.352 e. The predicted molar refractivity (Wildman–Crippen MR) is 101 cm³/mol. The zero-order chi connectivity index (χ0) is 18.8. The van der Waals surface area contributed by atoms with Gasteiger partial charge in [-0.05, 0) is 19.8 Å². The van der Waals surface area contributed by atoms with Crippen LogP contribution in [0.5, 0.6) is 0 Å². The fourth-order valence-corrected chi connectivity index (χ4v) is 3.30. The third-order valence-corrected chi connectivity index (χ3v) is 4.92. The lowest BCUT2D eigenvalue weighted by atomic mass is 10.0. The van der Waals surface area contributed by atoms with Crippen molar-refractivity contribution in [3.8, 4) is 11.3 Å². The normalized spacial score (nSPS) is 19.6. The van der Waals surface area contributed by atoms with Gasteiger partial charge in [-0.25, -0.2) is 9.97 Å². The topological polar surface area (TPSA) is 87.2 Å². The summed E-state index contributed by atoms with van der Waals surface area (Å²) < 4.78 is 0. The highest BCUT2D eigenvalue weighted by atomic mass is 16.2. The molecule has 0 bridgehead atoms. The van der Waals surface area contributed by atoms with Gasteiger partial charge in [-0.15, -0.1) is 0 Å². The first-order chi connectivity index (χ1) is 13.1. The van der Waals surface area contributed by atoms with Crippen molar-refractivity contribution in [1.29, 1.82) is 0 Å². The molecule has 1 aliphatic carbocycles. The highest BCUT2D eigenvalue weighted by molar-refractivity contribution is 6.02. The Morgan fingerprint density at radius 3 is 2.74 bits per heavy atom. The summed E-state index contributed by atoms with van der Waals surface area (Å²) in [5, 5.41) is 6.23. The average molecular weight is 365 g/mol. The number of carbonyl (C=O) groups is 2. The summed E-state index contributed by atoms with van der Waals surface area (Å²) in [4.78, 5) is 36.4. The van der Waals surface area contributed by atoms with E-state index in [1.54, 1.807) is 18.0 Å². The number of amides is 2. The molecule has 0 spiro atoms. The number of carbonyl (C=O) groups excluding carboxylic acids is 2. The van der Waals surface area contributed by atoms with E-state index in [0.717, 1.165) is 18.4 Å². The van der Waals surface area contributed by atoms with E-state index in [-0.39, 0.29) is 17.9 Å². The van der Waals surface area contributed by atoms with Crippen molar-refractivity contribution >= 4 is 11.8 Å². The van der Waals surface area contributed by atoms with Crippen molar-refractivity contribution in [2.45, 2.75) is 31.8 Å². The van der Waals surface area contributed by atoms with Gasteiger partial charge in [0.25, 0.3) is 5.91 Å². The predicted octanol–water partition coefficient (Wildman–Crippen LogP) is 1.14. The Morgan fingerprint density at radius 2 is 2.00 bits per heavy atom. The third-order valence-electron chi connectivity index (χ3n) is 4.92. The lowest BCUT2D eigenvalue weighted by Crippen LogP contribution is -2.59. The van der Waals surface area contributed by atoms with Crippen molar-refractivity contribution in [2.24, 2.45) is 0 Å². The Labute approximate surface area is 158 Å². The highest BCUT2D eigenvalue weighted by Gasteiger charge is 2.36. The molecule has 7 heteroatoms. The zero-order valence-electron chi connectivity index (χ0n) is 15.3. The van der Waals surface area contributed by atoms with Gasteiger partial charge in [0.15, 0.2) is 0 Å². The third kappa shape index (κ3) is 3.83. The lowest BCUT2D eigenvalue weighted by Gasteiger charge is -2.35. The molecule has 1 aromatic heterocycles. The molecule has 1 aromatic carbocycles. The molecule has 1 aliphatic heterocycles. The molecule has 7 nitrogen and oxygen atoms in total. The van der Waals surface area contributed by atoms with E-state index in [2.05, 4.69) is 20.6 Å². The Kier molecular flexibility index (Phi) is 4.85. The summed E-state index contributed by atoms with van der Waals surface area (Å²) in [6, 6.07) is 9.35. The number of nitrogens with zero attached hydrogens (tertiary/aromatic N) is 3. The van der Waals surface area contributed by atoms with Crippen LogP contribution < -0.4 is 10.6 Å². The SMILES string of the molecule is Cc1ncc(C(=O)N2CCNC[C@@H]2C(=O)NC2CC2)c(-c2ccccc2)n1. The van der Waals surface area contributed by atoms with E-state index in [9.17, 15) is 9.59 Å². The van der Waals surface area contributed by atoms with Gasteiger partial charge in [0, 0.05) is 37.4 Å². The minimum absolute atomic E-state index is 0.0904. The fraction of sp³-hybridized carbons (Fsp3) is 0.400. The van der Waals surface area contributed by atoms with E-state index in [1.807, 2.05) is 30.3 Å². The standard InChI is InChI=1S/C20H23N5O2/c1-13-22-11-16(18(23-13)14-5-3-2-4-6-14)20(27)25-10-9-21-12-17(25)19(26)24-15-7-8-15/h2-6,11,15,17,21H,7-10,12H2,1H3,(H,24,26)/t17-/m1/s1. The molecule has 2 aromatic rings. The van der Waals surface area contributed by atoms with Gasteiger partial charge in [-0.2, -0.15) is 0 Å². The molecule has 1 saturated carbocycles. The monoisotopic (exact) mass is 365 g/mol. The van der Waals surface area contributed by atoms with E-state index < -0.39 is 6.04 Å². The van der Waals surface area contributed by atoms with Crippen molar-refractivity contribution in [3.63, 3.8) is 0 Å². The van der Waals surface area contributed by atoms with Crippen LogP contribution in [0.4, 0.5) is 0 Å². The fourth-order valence-electron chi connectivity index (χ4n) is 3.30. The lowest BCUT2D eigenvalue weighted by molar-refractivity contribution is -0.126. The Hall–Kier alpha value is -2.80. The molecule has 140 valence electrons. The van der Waals surface area contributed by atoms with Crippen LogP contribution in [0, 0.1) is 6.92 Å². The minimum atomic E-state index is -0.517. The molecule has 2 heterocycles. The molecular formula is C20H23N5O2. The second-order valence-corrected chi connectivity index (χ2v) is 7.05. The summed E-state index contributed by atoms with van der Waals surface area (Å²) in [6.45, 7) is 3.39. The molecular weight excluding hydrogens is 342 g/mol. The van der Waals surface area contributed by atoms with Gasteiger partial charge in [-0.1, -0.05) is 30.3 Å². The Bertz CT molecular complexity index is 851. The quantitative estimate of drug-likeness (QED) is 0.849. The first kappa shape index (κ1) is 17.6. The number of benzene rings is 1. The van der Waals surface area contributed by atoms with Crippen molar-refractivity contribution in [1.82, 2.24) is 25.5 Å². The van der Waals surface area contributed by atoms with Gasteiger partial charge in [0.05, 0.1) is 11.3 Å². The summed E-state index contributed by atoms with van der Waals surface area (Å²) in [5.41, 5.74) is 1.89. The van der Waals surface area contributed by atoms with E-state index in [1.165, 1.54) is 0 Å². The van der Waals surface area contributed by atoms with Crippen LogP contribution in [0.25, 0.3) is 11.3 Å². The molecule has 1 saturated heterocycles. The van der Waals surface area contributed by atoms with E-state index >= 15 is 0 Å². The minimum Gasteiger partial charge on any atom is -0.352 e. The molecule has 0 radical (unpaired) electrons. The van der Waals surface area contributed by atoms with Crippen LogP contribution in [0.2, 0.25) is 0 Å². The Morgan fingerprint density at radius 1 is 1.22 bits per heavy atom. The van der Waals surface area contributed by atoms with Gasteiger partial charge in [0.1, 0.15) is 11.9 Å². The number of piperazine rings is 1. The van der Waals surface area contributed by atoms with Crippen LogP contribution in [-0.4, -0.2) is 58.4 Å². The Balaban J connectivity index is 1.65. The number of nitrogens with one attached hydrogen (secondary N) is 2. The molecule has 2 fully saturated rings. The molecule has 2 N–H and O–H groups in total. The number of hydrogen-bond donors (Lipinski definition) is 2. The highest BCUT2D eigenvalue weighted by Crippen LogP contribution is 2.24. The van der Waals surface area contributed by atoms with Gasteiger partial charge in [-0.3, -0.25) is 9.59 Å². The number of aromatic nitrogens is 2. The summed E-state index contributed by atoms with van der Waals surface area (Å²) in [7, 11) is 0. The van der Waals surface area contributed by atoms with Crippen LogP contribution in [0.15, 0.2) is 36.5 Å². The van der Waals surface area contributed by atoms with Gasteiger partial charge >= 0.3 is 0 Å². The van der Waals surface area contributed by atoms with Gasteiger partial charge < -0.3 is 15.5 Å². The second kappa shape index (κ2) is 7.44. The van der Waals surface area contributed by atoms with E-state index in [0.29, 0.717) is 36.7 Å². The zero-order valence-corrected chi connectivity index (χ0v) is 15.3. The molecule has 1 atom stereocenters. The van der Waals surface area contributed by atoms with Crippen LogP contribution in [0.1, 0.15) is 29.0 Å². The van der Waals surface area contributed by atoms with Crippen LogP contribution >= 0.6 is 0 Å². The molecule has 0 unspecified atom stereocenters. The maximum atomic E-state index is 13.4. The number of rotatable bonds is 4. The first-order valence-electron chi connectivity index (χ1n) is 9.34. The summed E-state index contributed by atoms with van der Waals surface area (Å²) in [5.74, 6) is 0.312. The summed E-state index contributed by atoms with van der Waals surface area (Å²) in [6.07, 6.45) is 3.61. The summed E-state index contributed by atoms with van der Waals surface area (Å²) >= 11 is 0. The molecule has 2 amide bonds. The van der Waals surface area contributed by atoms with Crippen LogP contribution in [0.3, 0.4) is 0 Å².